The van der Waals surface area contributed by atoms with E-state index in [-0.39, 0.29) is 11.3 Å². The lowest BCUT2D eigenvalue weighted by Gasteiger charge is -1.94. The average molecular weight is 176 g/mol. The Morgan fingerprint density at radius 3 is 2.75 bits per heavy atom. The summed E-state index contributed by atoms with van der Waals surface area (Å²) in [6, 6.07) is 6.24. The fourth-order valence-electron chi connectivity index (χ4n) is 0.737. The first-order chi connectivity index (χ1) is 5.77. The zero-order valence-corrected chi connectivity index (χ0v) is 6.80. The Balaban J connectivity index is 3.20. The highest BCUT2D eigenvalue weighted by Gasteiger charge is 1.99. The summed E-state index contributed by atoms with van der Waals surface area (Å²) in [6.45, 7) is 0. The smallest absolute Gasteiger partial charge is 0.135 e. The largest absolute Gasteiger partial charge is 0.506 e. The van der Waals surface area contributed by atoms with Crippen molar-refractivity contribution in [3.05, 3.63) is 23.8 Å². The Morgan fingerprint density at radius 1 is 1.50 bits per heavy atom. The number of nitriles is 1. The predicted octanol–water partition coefficient (Wildman–Crippen LogP) is 2.00. The van der Waals surface area contributed by atoms with Crippen molar-refractivity contribution < 1.29 is 5.11 Å². The Labute approximate surface area is 74.6 Å². The van der Waals surface area contributed by atoms with Gasteiger partial charge in [0, 0.05) is 6.07 Å². The Hall–Kier alpha value is -1.69. The number of phenols is 1. The van der Waals surface area contributed by atoms with Gasteiger partial charge < -0.3 is 5.11 Å². The van der Waals surface area contributed by atoms with Crippen LogP contribution in [0.4, 0.5) is 5.69 Å². The quantitative estimate of drug-likeness (QED) is 0.526. The molecule has 0 heterocycles. The first kappa shape index (κ1) is 8.41. The molecule has 0 aliphatic heterocycles. The van der Waals surface area contributed by atoms with E-state index in [2.05, 4.69) is 22.4 Å². The number of rotatable bonds is 1. The van der Waals surface area contributed by atoms with Crippen molar-refractivity contribution in [2.45, 2.75) is 0 Å². The number of aromatic hydroxyl groups is 1. The van der Waals surface area contributed by atoms with Gasteiger partial charge in [-0.3, -0.25) is 0 Å². The zero-order valence-electron chi connectivity index (χ0n) is 5.98. The Bertz CT molecular complexity index is 389. The van der Waals surface area contributed by atoms with E-state index in [4.69, 9.17) is 5.26 Å². The minimum Gasteiger partial charge on any atom is -0.506 e. The van der Waals surface area contributed by atoms with Crippen LogP contribution in [0.25, 0.3) is 0 Å². The van der Waals surface area contributed by atoms with Crippen LogP contribution in [0.5, 0.6) is 5.75 Å². The van der Waals surface area contributed by atoms with Crippen molar-refractivity contribution in [2.75, 3.05) is 0 Å². The van der Waals surface area contributed by atoms with Crippen molar-refractivity contribution in [3.8, 4) is 11.8 Å². The van der Waals surface area contributed by atoms with E-state index in [1.807, 2.05) is 6.07 Å². The van der Waals surface area contributed by atoms with Gasteiger partial charge in [0.15, 0.2) is 0 Å². The molecule has 0 aromatic heterocycles. The highest BCUT2D eigenvalue weighted by Crippen LogP contribution is 2.22. The summed E-state index contributed by atoms with van der Waals surface area (Å²) in [7, 11) is 0. The summed E-state index contributed by atoms with van der Waals surface area (Å²) in [6.07, 6.45) is 0. The molecule has 1 rings (SSSR count). The number of nitrogens with zero attached hydrogens (tertiary/aromatic N) is 2. The average Bonchev–Trinajstić information content (AvgIpc) is 2.05. The van der Waals surface area contributed by atoms with Crippen LogP contribution in [0, 0.1) is 11.3 Å². The Morgan fingerprint density at radius 2 is 2.25 bits per heavy atom. The molecule has 0 spiro atoms. The first-order valence-electron chi connectivity index (χ1n) is 3.09. The molecule has 4 heteroatoms. The lowest BCUT2D eigenvalue weighted by Crippen LogP contribution is -1.74. The van der Waals surface area contributed by atoms with Gasteiger partial charge in [0.25, 0.3) is 0 Å². The molecule has 1 aromatic rings. The van der Waals surface area contributed by atoms with Crippen LogP contribution < -0.4 is 0 Å². The van der Waals surface area contributed by atoms with Crippen molar-refractivity contribution >= 4 is 23.1 Å². The van der Waals surface area contributed by atoms with E-state index in [9.17, 15) is 5.11 Å². The van der Waals surface area contributed by atoms with Crippen molar-refractivity contribution in [1.29, 1.82) is 5.26 Å². The Kier molecular flexibility index (Phi) is 2.54. The third-order valence-corrected chi connectivity index (χ3v) is 1.37. The molecule has 0 saturated heterocycles. The molecule has 0 saturated carbocycles. The van der Waals surface area contributed by atoms with E-state index in [0.717, 1.165) is 0 Å². The molecule has 0 amide bonds. The highest BCUT2D eigenvalue weighted by atomic mass is 32.1. The van der Waals surface area contributed by atoms with Crippen LogP contribution >= 0.6 is 12.2 Å². The maximum atomic E-state index is 9.17. The summed E-state index contributed by atoms with van der Waals surface area (Å²) in [4.78, 5) is 3.64. The molecule has 1 aromatic carbocycles. The molecule has 0 unspecified atom stereocenters. The van der Waals surface area contributed by atoms with E-state index in [1.54, 1.807) is 6.07 Å². The fourth-order valence-corrected chi connectivity index (χ4v) is 0.842. The van der Waals surface area contributed by atoms with E-state index >= 15 is 0 Å². The van der Waals surface area contributed by atoms with Gasteiger partial charge in [-0.15, -0.1) is 0 Å². The van der Waals surface area contributed by atoms with Gasteiger partial charge in [0.05, 0.1) is 16.4 Å². The van der Waals surface area contributed by atoms with Gasteiger partial charge in [0.2, 0.25) is 0 Å². The third kappa shape index (κ3) is 1.67. The predicted molar refractivity (Wildman–Crippen MR) is 47.5 cm³/mol. The number of aliphatic imine (C=N–C) groups is 1. The SMILES string of the molecule is N#Cc1ccc(N=C=S)cc1O. The standard InChI is InChI=1S/C8H4N2OS/c9-4-6-1-2-7(10-5-12)3-8(6)11/h1-3,11H. The normalized spacial score (nSPS) is 8.25. The fraction of sp³-hybridized carbons (Fsp3) is 0. The van der Waals surface area contributed by atoms with Crippen LogP contribution in [-0.2, 0) is 0 Å². The van der Waals surface area contributed by atoms with Crippen molar-refractivity contribution in [3.63, 3.8) is 0 Å². The maximum absolute atomic E-state index is 9.17. The number of benzene rings is 1. The molecule has 0 fully saturated rings. The number of hydrogen-bond acceptors (Lipinski definition) is 4. The molecule has 58 valence electrons. The van der Waals surface area contributed by atoms with E-state index in [0.29, 0.717) is 5.69 Å². The molecular formula is C8H4N2OS. The number of isothiocyanates is 1. The second-order valence-electron chi connectivity index (χ2n) is 2.02. The van der Waals surface area contributed by atoms with Gasteiger partial charge in [-0.2, -0.15) is 10.3 Å². The van der Waals surface area contributed by atoms with Gasteiger partial charge in [-0.25, -0.2) is 0 Å². The second kappa shape index (κ2) is 3.63. The van der Waals surface area contributed by atoms with Crippen LogP contribution in [0.15, 0.2) is 23.2 Å². The number of thiocarbonyl (C=S) groups is 1. The molecule has 0 radical (unpaired) electrons. The monoisotopic (exact) mass is 176 g/mol. The first-order valence-corrected chi connectivity index (χ1v) is 3.49. The lowest BCUT2D eigenvalue weighted by molar-refractivity contribution is 0.474. The lowest BCUT2D eigenvalue weighted by atomic mass is 10.2. The summed E-state index contributed by atoms with van der Waals surface area (Å²) in [5.41, 5.74) is 0.708. The molecule has 0 bridgehead atoms. The topological polar surface area (TPSA) is 56.4 Å². The summed E-state index contributed by atoms with van der Waals surface area (Å²) < 4.78 is 0. The van der Waals surface area contributed by atoms with Crippen LogP contribution in [0.3, 0.4) is 0 Å². The molecule has 3 nitrogen and oxygen atoms in total. The number of hydrogen-bond donors (Lipinski definition) is 1. The zero-order chi connectivity index (χ0) is 8.97. The summed E-state index contributed by atoms with van der Waals surface area (Å²) >= 11 is 4.38. The van der Waals surface area contributed by atoms with Crippen LogP contribution in [-0.4, -0.2) is 10.3 Å². The minimum absolute atomic E-state index is 0.0935. The van der Waals surface area contributed by atoms with Gasteiger partial charge in [-0.05, 0) is 24.4 Å². The van der Waals surface area contributed by atoms with Gasteiger partial charge in [-0.1, -0.05) is 0 Å². The molecule has 0 aliphatic carbocycles. The summed E-state index contributed by atoms with van der Waals surface area (Å²) in [5, 5.41) is 19.8. The molecule has 12 heavy (non-hydrogen) atoms. The summed E-state index contributed by atoms with van der Waals surface area (Å²) in [5.74, 6) is -0.0935. The van der Waals surface area contributed by atoms with E-state index < -0.39 is 0 Å². The second-order valence-corrected chi connectivity index (χ2v) is 2.20. The van der Waals surface area contributed by atoms with Crippen LogP contribution in [0.1, 0.15) is 5.56 Å². The molecule has 0 atom stereocenters. The molecule has 0 aliphatic rings. The highest BCUT2D eigenvalue weighted by molar-refractivity contribution is 7.78. The van der Waals surface area contributed by atoms with E-state index in [1.165, 1.54) is 12.1 Å². The van der Waals surface area contributed by atoms with Gasteiger partial charge in [0.1, 0.15) is 11.8 Å². The molecule has 1 N–H and O–H groups in total. The van der Waals surface area contributed by atoms with Crippen LogP contribution in [0.2, 0.25) is 0 Å². The number of phenolic OH excluding ortho intramolecular Hbond substituents is 1. The molecular weight excluding hydrogens is 172 g/mol. The maximum Gasteiger partial charge on any atom is 0.135 e. The van der Waals surface area contributed by atoms with Crippen molar-refractivity contribution in [1.82, 2.24) is 0 Å². The minimum atomic E-state index is -0.0935. The third-order valence-electron chi connectivity index (χ3n) is 1.28. The van der Waals surface area contributed by atoms with Crippen molar-refractivity contribution in [2.24, 2.45) is 4.99 Å². The van der Waals surface area contributed by atoms with Gasteiger partial charge >= 0.3 is 0 Å².